The fraction of sp³-hybridized carbons (Fsp3) is 0.381. The minimum atomic E-state index is -4.62. The van der Waals surface area contributed by atoms with E-state index in [1.807, 2.05) is 37.3 Å². The molecule has 3 heterocycles. The molecule has 4 rings (SSSR count). The van der Waals surface area contributed by atoms with Gasteiger partial charge in [-0.1, -0.05) is 55.4 Å². The van der Waals surface area contributed by atoms with Crippen LogP contribution in [0, 0.1) is 0 Å². The Morgan fingerprint density at radius 2 is 1.82 bits per heavy atom. The van der Waals surface area contributed by atoms with Crippen LogP contribution >= 0.6 is 11.8 Å². The summed E-state index contributed by atoms with van der Waals surface area (Å²) < 4.78 is 43.2. The normalized spacial score (nSPS) is 12.0. The lowest BCUT2D eigenvalue weighted by Crippen LogP contribution is -2.31. The van der Waals surface area contributed by atoms with Gasteiger partial charge in [0.1, 0.15) is 5.82 Å². The summed E-state index contributed by atoms with van der Waals surface area (Å²) in [5.41, 5.74) is 0.216. The van der Waals surface area contributed by atoms with Crippen molar-refractivity contribution in [2.24, 2.45) is 7.05 Å². The Morgan fingerprint density at radius 1 is 1.09 bits per heavy atom. The SMILES string of the molecule is CCCCn1c(CSc2nnc(C(F)(F)F)n2C)nc2c1c(=O)[nH]c(=O)n2Cc1ccccc1. The number of benzene rings is 1. The number of fused-ring (bicyclic) bond motifs is 1. The van der Waals surface area contributed by atoms with Crippen LogP contribution in [0.4, 0.5) is 13.2 Å². The molecule has 0 aliphatic rings. The van der Waals surface area contributed by atoms with Gasteiger partial charge in [0.05, 0.1) is 12.3 Å². The number of imidazole rings is 1. The van der Waals surface area contributed by atoms with Crippen molar-refractivity contribution in [3.63, 3.8) is 0 Å². The number of aromatic nitrogens is 7. The van der Waals surface area contributed by atoms with Crippen LogP contribution in [-0.4, -0.2) is 33.9 Å². The van der Waals surface area contributed by atoms with Crippen LogP contribution in [0.15, 0.2) is 45.1 Å². The molecule has 34 heavy (non-hydrogen) atoms. The molecule has 0 unspecified atom stereocenters. The number of nitrogens with zero attached hydrogens (tertiary/aromatic N) is 6. The number of hydrogen-bond acceptors (Lipinski definition) is 6. The molecule has 0 saturated heterocycles. The van der Waals surface area contributed by atoms with Gasteiger partial charge in [0.2, 0.25) is 5.82 Å². The van der Waals surface area contributed by atoms with Gasteiger partial charge in [-0.15, -0.1) is 10.2 Å². The van der Waals surface area contributed by atoms with Crippen molar-refractivity contribution in [3.05, 3.63) is 68.4 Å². The van der Waals surface area contributed by atoms with Crippen LogP contribution in [0.1, 0.15) is 37.0 Å². The average molecular weight is 494 g/mol. The Morgan fingerprint density at radius 3 is 2.47 bits per heavy atom. The number of alkyl halides is 3. The van der Waals surface area contributed by atoms with E-state index in [4.69, 9.17) is 0 Å². The van der Waals surface area contributed by atoms with Crippen LogP contribution in [0.2, 0.25) is 0 Å². The van der Waals surface area contributed by atoms with E-state index in [9.17, 15) is 22.8 Å². The van der Waals surface area contributed by atoms with Gasteiger partial charge < -0.3 is 9.13 Å². The van der Waals surface area contributed by atoms with Gasteiger partial charge in [0.25, 0.3) is 5.56 Å². The van der Waals surface area contributed by atoms with Gasteiger partial charge in [-0.2, -0.15) is 13.2 Å². The first-order valence-corrected chi connectivity index (χ1v) is 11.5. The van der Waals surface area contributed by atoms with E-state index in [2.05, 4.69) is 20.2 Å². The fourth-order valence-electron chi connectivity index (χ4n) is 3.61. The highest BCUT2D eigenvalue weighted by molar-refractivity contribution is 7.98. The molecule has 0 aliphatic heterocycles. The molecular formula is C21H22F3N7O2S. The van der Waals surface area contributed by atoms with E-state index in [-0.39, 0.29) is 28.6 Å². The highest BCUT2D eigenvalue weighted by atomic mass is 32.2. The third-order valence-corrected chi connectivity index (χ3v) is 6.32. The Bertz CT molecular complexity index is 1420. The van der Waals surface area contributed by atoms with Crippen molar-refractivity contribution >= 4 is 22.9 Å². The molecule has 0 spiro atoms. The molecule has 0 aliphatic carbocycles. The molecular weight excluding hydrogens is 471 g/mol. The quantitative estimate of drug-likeness (QED) is 0.378. The summed E-state index contributed by atoms with van der Waals surface area (Å²) in [6, 6.07) is 9.28. The van der Waals surface area contributed by atoms with E-state index in [1.54, 1.807) is 4.57 Å². The predicted molar refractivity (Wildman–Crippen MR) is 121 cm³/mol. The van der Waals surface area contributed by atoms with Crippen molar-refractivity contribution in [1.82, 2.24) is 33.9 Å². The number of nitrogens with one attached hydrogen (secondary N) is 1. The number of thioether (sulfide) groups is 1. The minimum absolute atomic E-state index is 0.0667. The molecule has 0 bridgehead atoms. The maximum atomic E-state index is 13.1. The summed E-state index contributed by atoms with van der Waals surface area (Å²) in [5.74, 6) is -0.494. The standard InChI is InChI=1S/C21H22F3N7O2S/c1-3-4-10-30-14(12-34-20-28-27-18(29(20)2)21(22,23)24)25-16-15(30)17(32)26-19(33)31(16)11-13-8-6-5-7-9-13/h5-9H,3-4,10-12H2,1-2H3,(H,26,32,33). The van der Waals surface area contributed by atoms with Crippen molar-refractivity contribution < 1.29 is 13.2 Å². The van der Waals surface area contributed by atoms with Gasteiger partial charge in [-0.3, -0.25) is 14.3 Å². The first kappa shape index (κ1) is 23.8. The Labute approximate surface area is 195 Å². The summed E-state index contributed by atoms with van der Waals surface area (Å²) in [6.45, 7) is 2.69. The van der Waals surface area contributed by atoms with Crippen molar-refractivity contribution in [2.75, 3.05) is 0 Å². The number of H-pyrrole nitrogens is 1. The van der Waals surface area contributed by atoms with E-state index < -0.39 is 23.2 Å². The number of aromatic amines is 1. The predicted octanol–water partition coefficient (Wildman–Crippen LogP) is 3.17. The average Bonchev–Trinajstić information content (AvgIpc) is 3.34. The maximum absolute atomic E-state index is 13.1. The molecule has 4 aromatic rings. The van der Waals surface area contributed by atoms with Gasteiger partial charge in [-0.25, -0.2) is 9.78 Å². The first-order chi connectivity index (χ1) is 16.2. The molecule has 1 aromatic carbocycles. The van der Waals surface area contributed by atoms with Crippen LogP contribution < -0.4 is 11.2 Å². The first-order valence-electron chi connectivity index (χ1n) is 10.6. The molecule has 0 atom stereocenters. The number of aryl methyl sites for hydroxylation is 1. The van der Waals surface area contributed by atoms with Crippen LogP contribution in [-0.2, 0) is 32.1 Å². The van der Waals surface area contributed by atoms with Crippen molar-refractivity contribution in [1.29, 1.82) is 0 Å². The minimum Gasteiger partial charge on any atom is -0.321 e. The van der Waals surface area contributed by atoms with Gasteiger partial charge in [0.15, 0.2) is 16.3 Å². The Hall–Kier alpha value is -3.35. The monoisotopic (exact) mass is 493 g/mol. The van der Waals surface area contributed by atoms with Crippen molar-refractivity contribution in [2.45, 2.75) is 49.9 Å². The fourth-order valence-corrected chi connectivity index (χ4v) is 4.47. The molecule has 0 amide bonds. The number of halogens is 3. The zero-order chi connectivity index (χ0) is 24.5. The lowest BCUT2D eigenvalue weighted by atomic mass is 10.2. The number of hydrogen-bond donors (Lipinski definition) is 1. The Balaban J connectivity index is 1.76. The lowest BCUT2D eigenvalue weighted by molar-refractivity contribution is -0.147. The third kappa shape index (κ3) is 4.65. The van der Waals surface area contributed by atoms with Crippen LogP contribution in [0.5, 0.6) is 0 Å². The summed E-state index contributed by atoms with van der Waals surface area (Å²) >= 11 is 1.03. The molecule has 1 N–H and O–H groups in total. The van der Waals surface area contributed by atoms with Gasteiger partial charge in [0, 0.05) is 13.6 Å². The zero-order valence-electron chi connectivity index (χ0n) is 18.5. The highest BCUT2D eigenvalue weighted by Gasteiger charge is 2.37. The molecule has 180 valence electrons. The summed E-state index contributed by atoms with van der Waals surface area (Å²) in [5, 5.41) is 6.95. The number of rotatable bonds is 8. The van der Waals surface area contributed by atoms with E-state index in [0.717, 1.165) is 34.7 Å². The summed E-state index contributed by atoms with van der Waals surface area (Å²) in [7, 11) is 1.24. The smallest absolute Gasteiger partial charge is 0.321 e. The third-order valence-electron chi connectivity index (χ3n) is 5.30. The topological polar surface area (TPSA) is 103 Å². The second-order valence-corrected chi connectivity index (χ2v) is 8.63. The maximum Gasteiger partial charge on any atom is 0.451 e. The molecule has 3 aromatic heterocycles. The van der Waals surface area contributed by atoms with Crippen molar-refractivity contribution in [3.8, 4) is 0 Å². The second kappa shape index (κ2) is 9.49. The van der Waals surface area contributed by atoms with E-state index >= 15 is 0 Å². The largest absolute Gasteiger partial charge is 0.451 e. The second-order valence-electron chi connectivity index (χ2n) is 7.69. The molecule has 0 fully saturated rings. The molecule has 9 nitrogen and oxygen atoms in total. The molecule has 0 radical (unpaired) electrons. The molecule has 0 saturated carbocycles. The van der Waals surface area contributed by atoms with Gasteiger partial charge >= 0.3 is 11.9 Å². The van der Waals surface area contributed by atoms with E-state index in [1.165, 1.54) is 11.6 Å². The number of unbranched alkanes of at least 4 members (excludes halogenated alkanes) is 1. The van der Waals surface area contributed by atoms with Crippen LogP contribution in [0.25, 0.3) is 11.2 Å². The van der Waals surface area contributed by atoms with E-state index in [0.29, 0.717) is 12.4 Å². The molecule has 13 heteroatoms. The lowest BCUT2D eigenvalue weighted by Gasteiger charge is -2.09. The zero-order valence-corrected chi connectivity index (χ0v) is 19.3. The summed E-state index contributed by atoms with van der Waals surface area (Å²) in [4.78, 5) is 32.4. The highest BCUT2D eigenvalue weighted by Crippen LogP contribution is 2.30. The van der Waals surface area contributed by atoms with Gasteiger partial charge in [-0.05, 0) is 12.0 Å². The van der Waals surface area contributed by atoms with Crippen LogP contribution in [0.3, 0.4) is 0 Å². The Kier molecular flexibility index (Phi) is 6.64. The summed E-state index contributed by atoms with van der Waals surface area (Å²) in [6.07, 6.45) is -3.01.